The summed E-state index contributed by atoms with van der Waals surface area (Å²) in [6, 6.07) is 6.55. The van der Waals surface area contributed by atoms with E-state index >= 15 is 0 Å². The highest BCUT2D eigenvalue weighted by atomic mass is 19.2. The smallest absolute Gasteiger partial charge is 0.325 e. The van der Waals surface area contributed by atoms with Crippen molar-refractivity contribution in [3.05, 3.63) is 93.8 Å². The molecule has 0 aliphatic carbocycles. The second-order valence-electron chi connectivity index (χ2n) is 8.39. The van der Waals surface area contributed by atoms with E-state index < -0.39 is 65.7 Å². The molecule has 0 spiro atoms. The van der Waals surface area contributed by atoms with Crippen molar-refractivity contribution in [1.29, 1.82) is 0 Å². The number of fused-ring (bicyclic) bond motifs is 1. The monoisotopic (exact) mass is 504 g/mol. The van der Waals surface area contributed by atoms with Crippen molar-refractivity contribution in [2.45, 2.75) is 26.1 Å². The number of benzene rings is 3. The Bertz CT molecular complexity index is 1360. The van der Waals surface area contributed by atoms with Gasteiger partial charge in [0.05, 0.1) is 18.3 Å². The number of hydrogen-bond donors (Lipinski definition) is 2. The van der Waals surface area contributed by atoms with Gasteiger partial charge in [0.1, 0.15) is 17.5 Å². The summed E-state index contributed by atoms with van der Waals surface area (Å²) in [6.07, 6.45) is 0. The van der Waals surface area contributed by atoms with E-state index in [1.165, 1.54) is 28.0 Å². The number of nitrogen functional groups attached to an aromatic ring is 1. The molecule has 0 aromatic heterocycles. The lowest BCUT2D eigenvalue weighted by Crippen LogP contribution is -2.46. The topological polar surface area (TPSA) is 78.7 Å². The van der Waals surface area contributed by atoms with Crippen molar-refractivity contribution in [2.75, 3.05) is 17.7 Å². The fourth-order valence-electron chi connectivity index (χ4n) is 4.03. The third-order valence-corrected chi connectivity index (χ3v) is 6.23. The van der Waals surface area contributed by atoms with Crippen LogP contribution in [0.3, 0.4) is 0 Å². The predicted octanol–water partition coefficient (Wildman–Crippen LogP) is 5.03. The molecular weight excluding hydrogens is 483 g/mol. The van der Waals surface area contributed by atoms with Gasteiger partial charge in [-0.25, -0.2) is 26.7 Å². The zero-order valence-electron chi connectivity index (χ0n) is 19.2. The highest BCUT2D eigenvalue weighted by Gasteiger charge is 2.34. The number of carbonyl (C=O) groups is 2. The molecule has 3 amide bonds. The summed E-state index contributed by atoms with van der Waals surface area (Å²) >= 11 is 0. The Morgan fingerprint density at radius 2 is 1.64 bits per heavy atom. The summed E-state index contributed by atoms with van der Waals surface area (Å²) < 4.78 is 69.3. The second-order valence-corrected chi connectivity index (χ2v) is 8.39. The Morgan fingerprint density at radius 1 is 0.972 bits per heavy atom. The molecule has 6 nitrogen and oxygen atoms in total. The van der Waals surface area contributed by atoms with E-state index in [9.17, 15) is 31.5 Å². The van der Waals surface area contributed by atoms with E-state index in [-0.39, 0.29) is 22.5 Å². The largest absolute Gasteiger partial charge is 0.398 e. The maximum absolute atomic E-state index is 14.5. The third kappa shape index (κ3) is 4.43. The van der Waals surface area contributed by atoms with E-state index in [0.717, 1.165) is 6.07 Å². The number of rotatable bonds is 5. The Labute approximate surface area is 203 Å². The molecule has 36 heavy (non-hydrogen) atoms. The molecule has 11 heteroatoms. The summed E-state index contributed by atoms with van der Waals surface area (Å²) in [4.78, 5) is 28.4. The molecule has 0 fully saturated rings. The number of carbonyl (C=O) groups excluding carboxylic acids is 2. The average molecular weight is 504 g/mol. The van der Waals surface area contributed by atoms with Crippen LogP contribution in [0.2, 0.25) is 0 Å². The van der Waals surface area contributed by atoms with Crippen molar-refractivity contribution in [3.63, 3.8) is 0 Å². The van der Waals surface area contributed by atoms with Crippen molar-refractivity contribution in [1.82, 2.24) is 10.2 Å². The van der Waals surface area contributed by atoms with E-state index in [1.807, 2.05) is 0 Å². The summed E-state index contributed by atoms with van der Waals surface area (Å²) in [5, 5.41) is 2.36. The highest BCUT2D eigenvalue weighted by Crippen LogP contribution is 2.38. The van der Waals surface area contributed by atoms with Crippen LogP contribution in [0.15, 0.2) is 42.5 Å². The van der Waals surface area contributed by atoms with Gasteiger partial charge in [-0.3, -0.25) is 9.69 Å². The molecule has 3 N–H and O–H groups in total. The molecule has 1 heterocycles. The van der Waals surface area contributed by atoms with E-state index in [4.69, 9.17) is 5.73 Å². The highest BCUT2D eigenvalue weighted by molar-refractivity contribution is 6.00. The summed E-state index contributed by atoms with van der Waals surface area (Å²) in [7, 11) is 1.54. The molecule has 1 atom stereocenters. The van der Waals surface area contributed by atoms with Crippen LogP contribution < -0.4 is 16.0 Å². The Balaban J connectivity index is 1.67. The van der Waals surface area contributed by atoms with Crippen LogP contribution in [0.5, 0.6) is 0 Å². The van der Waals surface area contributed by atoms with Crippen molar-refractivity contribution in [3.8, 4) is 0 Å². The van der Waals surface area contributed by atoms with Gasteiger partial charge in [-0.05, 0) is 36.8 Å². The lowest BCUT2D eigenvalue weighted by molar-refractivity contribution is 0.0950. The Hall–Kier alpha value is -4.15. The first-order valence-corrected chi connectivity index (χ1v) is 10.8. The number of nitrogens with one attached hydrogen (secondary N) is 1. The average Bonchev–Trinajstić information content (AvgIpc) is 2.83. The number of hydrogen-bond acceptors (Lipinski definition) is 3. The standard InChI is InChI=1S/C25H21F5N4O2/c1-12-15-4-3-13(24(35)32-10-16-19(28)8-14(26)9-20(16)29)7-22(15)34(25(36)33(12)2)11-17-21(31)6-5-18(27)23(17)30/h3-9,12H,10-11,31H2,1-2H3,(H,32,35). The molecule has 1 aliphatic heterocycles. The summed E-state index contributed by atoms with van der Waals surface area (Å²) in [6.45, 7) is 0.793. The minimum Gasteiger partial charge on any atom is -0.398 e. The van der Waals surface area contributed by atoms with Gasteiger partial charge in [-0.15, -0.1) is 0 Å². The SMILES string of the molecule is CC1c2ccc(C(=O)NCc3c(F)cc(F)cc3F)cc2N(Cc2c(N)ccc(F)c2F)C(=O)N1C. The maximum Gasteiger partial charge on any atom is 0.325 e. The molecule has 3 aromatic rings. The minimum absolute atomic E-state index is 0.0407. The molecule has 3 aromatic carbocycles. The predicted molar refractivity (Wildman–Crippen MR) is 122 cm³/mol. The van der Waals surface area contributed by atoms with Gasteiger partial charge < -0.3 is 16.0 Å². The van der Waals surface area contributed by atoms with Crippen molar-refractivity contribution >= 4 is 23.3 Å². The molecule has 188 valence electrons. The van der Waals surface area contributed by atoms with E-state index in [2.05, 4.69) is 5.32 Å². The van der Waals surface area contributed by atoms with Gasteiger partial charge in [-0.2, -0.15) is 0 Å². The van der Waals surface area contributed by atoms with Gasteiger partial charge >= 0.3 is 6.03 Å². The van der Waals surface area contributed by atoms with Crippen LogP contribution >= 0.6 is 0 Å². The lowest BCUT2D eigenvalue weighted by Gasteiger charge is -2.40. The molecule has 0 radical (unpaired) electrons. The molecule has 0 saturated heterocycles. The van der Waals surface area contributed by atoms with Crippen LogP contribution in [0.25, 0.3) is 0 Å². The molecule has 1 aliphatic rings. The summed E-state index contributed by atoms with van der Waals surface area (Å²) in [5.74, 6) is -6.43. The molecule has 4 rings (SSSR count). The fourth-order valence-corrected chi connectivity index (χ4v) is 4.03. The number of nitrogens with zero attached hydrogens (tertiary/aromatic N) is 2. The number of halogens is 5. The first-order chi connectivity index (χ1) is 17.0. The Kier molecular flexibility index (Phi) is 6.57. The number of anilines is 2. The van der Waals surface area contributed by atoms with Crippen molar-refractivity contribution in [2.24, 2.45) is 0 Å². The number of urea groups is 1. The fraction of sp³-hybridized carbons (Fsp3) is 0.200. The van der Waals surface area contributed by atoms with E-state index in [1.54, 1.807) is 20.0 Å². The molecule has 1 unspecified atom stereocenters. The van der Waals surface area contributed by atoms with Crippen LogP contribution in [0, 0.1) is 29.1 Å². The first-order valence-electron chi connectivity index (χ1n) is 10.8. The molecular formula is C25H21F5N4O2. The number of amides is 3. The van der Waals surface area contributed by atoms with Gasteiger partial charge in [0.15, 0.2) is 11.6 Å². The minimum atomic E-state index is -1.19. The normalized spacial score (nSPS) is 15.2. The third-order valence-electron chi connectivity index (χ3n) is 6.23. The summed E-state index contributed by atoms with van der Waals surface area (Å²) in [5.41, 5.74) is 5.96. The molecule has 0 bridgehead atoms. The lowest BCUT2D eigenvalue weighted by atomic mass is 9.98. The van der Waals surface area contributed by atoms with Gasteiger partial charge in [0.2, 0.25) is 0 Å². The van der Waals surface area contributed by atoms with Gasteiger partial charge in [-0.1, -0.05) is 6.07 Å². The zero-order chi connectivity index (χ0) is 26.3. The number of nitrogens with two attached hydrogens (primary N) is 1. The van der Waals surface area contributed by atoms with Gasteiger partial charge in [0.25, 0.3) is 5.91 Å². The maximum atomic E-state index is 14.5. The second kappa shape index (κ2) is 9.48. The molecule has 0 saturated carbocycles. The quantitative estimate of drug-likeness (QED) is 0.378. The van der Waals surface area contributed by atoms with Crippen LogP contribution in [-0.4, -0.2) is 23.9 Å². The van der Waals surface area contributed by atoms with Gasteiger partial charge in [0, 0.05) is 48.1 Å². The van der Waals surface area contributed by atoms with Crippen LogP contribution in [0.4, 0.5) is 38.1 Å². The Morgan fingerprint density at radius 3 is 2.31 bits per heavy atom. The van der Waals surface area contributed by atoms with Crippen molar-refractivity contribution < 1.29 is 31.5 Å². The van der Waals surface area contributed by atoms with E-state index in [0.29, 0.717) is 17.7 Å². The van der Waals surface area contributed by atoms with Crippen LogP contribution in [0.1, 0.15) is 40.0 Å². The first kappa shape index (κ1) is 25.0. The zero-order valence-corrected chi connectivity index (χ0v) is 19.2. The van der Waals surface area contributed by atoms with Crippen LogP contribution in [-0.2, 0) is 13.1 Å².